The maximum Gasteiger partial charge on any atom is 0.241 e. The van der Waals surface area contributed by atoms with Gasteiger partial charge in [0.25, 0.3) is 0 Å². The molecule has 1 aliphatic heterocycles. The molecule has 0 unspecified atom stereocenters. The summed E-state index contributed by atoms with van der Waals surface area (Å²) in [5, 5.41) is 0. The summed E-state index contributed by atoms with van der Waals surface area (Å²) in [6.07, 6.45) is 1.59. The van der Waals surface area contributed by atoms with Gasteiger partial charge in [-0.05, 0) is 30.7 Å². The normalized spacial score (nSPS) is 15.4. The van der Waals surface area contributed by atoms with E-state index in [-0.39, 0.29) is 11.4 Å². The van der Waals surface area contributed by atoms with Crippen molar-refractivity contribution in [2.45, 2.75) is 18.4 Å². The lowest BCUT2D eigenvalue weighted by molar-refractivity contribution is 0.122. The van der Waals surface area contributed by atoms with Crippen LogP contribution in [0.25, 0.3) is 0 Å². The SMILES string of the molecule is Cc1ccc(F)cc1S(=O)(=O)NCc1ccnc(N2CCOCC2)n1. The van der Waals surface area contributed by atoms with Crippen molar-refractivity contribution in [3.05, 3.63) is 47.5 Å². The minimum Gasteiger partial charge on any atom is -0.378 e. The number of hydrogen-bond donors (Lipinski definition) is 1. The molecular formula is C16H19FN4O3S. The molecule has 3 rings (SSSR count). The molecule has 0 spiro atoms. The van der Waals surface area contributed by atoms with Crippen molar-refractivity contribution in [3.63, 3.8) is 0 Å². The Morgan fingerprint density at radius 2 is 2.04 bits per heavy atom. The summed E-state index contributed by atoms with van der Waals surface area (Å²) in [5.74, 6) is -0.0513. The average molecular weight is 366 g/mol. The first-order valence-electron chi connectivity index (χ1n) is 7.86. The van der Waals surface area contributed by atoms with Crippen molar-refractivity contribution in [3.8, 4) is 0 Å². The second-order valence-corrected chi connectivity index (χ2v) is 7.42. The molecule has 0 amide bonds. The van der Waals surface area contributed by atoms with Gasteiger partial charge in [0.1, 0.15) is 5.82 Å². The van der Waals surface area contributed by atoms with E-state index in [1.807, 2.05) is 4.90 Å². The first-order chi connectivity index (χ1) is 12.0. The minimum absolute atomic E-state index is 0.00184. The zero-order valence-electron chi connectivity index (χ0n) is 13.8. The molecule has 25 heavy (non-hydrogen) atoms. The van der Waals surface area contributed by atoms with Crippen LogP contribution in [0.15, 0.2) is 35.4 Å². The van der Waals surface area contributed by atoms with E-state index in [9.17, 15) is 12.8 Å². The van der Waals surface area contributed by atoms with Crippen LogP contribution in [-0.4, -0.2) is 44.7 Å². The van der Waals surface area contributed by atoms with Gasteiger partial charge >= 0.3 is 0 Å². The number of nitrogens with zero attached hydrogens (tertiary/aromatic N) is 3. The van der Waals surface area contributed by atoms with E-state index in [0.717, 1.165) is 6.07 Å². The smallest absolute Gasteiger partial charge is 0.241 e. The van der Waals surface area contributed by atoms with Crippen LogP contribution < -0.4 is 9.62 Å². The number of hydrogen-bond acceptors (Lipinski definition) is 6. The molecule has 134 valence electrons. The van der Waals surface area contributed by atoms with Crippen LogP contribution in [0.3, 0.4) is 0 Å². The van der Waals surface area contributed by atoms with E-state index >= 15 is 0 Å². The Bertz CT molecular complexity index is 854. The van der Waals surface area contributed by atoms with Gasteiger partial charge in [-0.2, -0.15) is 0 Å². The Morgan fingerprint density at radius 3 is 2.80 bits per heavy atom. The third kappa shape index (κ3) is 4.30. The highest BCUT2D eigenvalue weighted by Crippen LogP contribution is 2.17. The molecule has 0 saturated carbocycles. The van der Waals surface area contributed by atoms with Crippen molar-refractivity contribution in [2.75, 3.05) is 31.2 Å². The van der Waals surface area contributed by atoms with Gasteiger partial charge < -0.3 is 9.64 Å². The van der Waals surface area contributed by atoms with E-state index in [2.05, 4.69) is 14.7 Å². The molecule has 2 aromatic rings. The van der Waals surface area contributed by atoms with Gasteiger partial charge in [0.2, 0.25) is 16.0 Å². The maximum absolute atomic E-state index is 13.4. The third-order valence-corrected chi connectivity index (χ3v) is 5.42. The fourth-order valence-corrected chi connectivity index (χ4v) is 3.76. The second-order valence-electron chi connectivity index (χ2n) is 5.68. The molecule has 1 aromatic heterocycles. The highest BCUT2D eigenvalue weighted by atomic mass is 32.2. The van der Waals surface area contributed by atoms with Gasteiger partial charge in [-0.3, -0.25) is 0 Å². The Morgan fingerprint density at radius 1 is 1.28 bits per heavy atom. The van der Waals surface area contributed by atoms with Crippen molar-refractivity contribution in [1.82, 2.24) is 14.7 Å². The van der Waals surface area contributed by atoms with Crippen molar-refractivity contribution >= 4 is 16.0 Å². The van der Waals surface area contributed by atoms with Crippen LogP contribution in [0.4, 0.5) is 10.3 Å². The van der Waals surface area contributed by atoms with Gasteiger partial charge in [-0.25, -0.2) is 27.5 Å². The van der Waals surface area contributed by atoms with Crippen LogP contribution in [-0.2, 0) is 21.3 Å². The monoisotopic (exact) mass is 366 g/mol. The number of benzene rings is 1. The predicted molar refractivity (Wildman–Crippen MR) is 90.2 cm³/mol. The number of nitrogens with one attached hydrogen (secondary N) is 1. The lowest BCUT2D eigenvalue weighted by Gasteiger charge is -2.26. The summed E-state index contributed by atoms with van der Waals surface area (Å²) in [5.41, 5.74) is 1.01. The molecule has 0 aliphatic carbocycles. The minimum atomic E-state index is -3.83. The molecule has 2 heterocycles. The highest BCUT2D eigenvalue weighted by Gasteiger charge is 2.18. The van der Waals surface area contributed by atoms with Crippen LogP contribution in [0, 0.1) is 12.7 Å². The summed E-state index contributed by atoms with van der Waals surface area (Å²) in [4.78, 5) is 10.5. The van der Waals surface area contributed by atoms with Gasteiger partial charge in [-0.1, -0.05) is 6.07 Å². The van der Waals surface area contributed by atoms with Crippen LogP contribution in [0.2, 0.25) is 0 Å². The standard InChI is InChI=1S/C16H19FN4O3S/c1-12-2-3-13(17)10-15(12)25(22,23)19-11-14-4-5-18-16(20-14)21-6-8-24-9-7-21/h2-5,10,19H,6-9,11H2,1H3. The number of anilines is 1. The summed E-state index contributed by atoms with van der Waals surface area (Å²) in [6, 6.07) is 5.32. The zero-order valence-corrected chi connectivity index (χ0v) is 14.6. The summed E-state index contributed by atoms with van der Waals surface area (Å²) in [7, 11) is -3.83. The Balaban J connectivity index is 1.73. The predicted octanol–water partition coefficient (Wildman–Crippen LogP) is 1.24. The van der Waals surface area contributed by atoms with Crippen molar-refractivity contribution < 1.29 is 17.5 Å². The molecule has 1 N–H and O–H groups in total. The molecule has 0 bridgehead atoms. The Hall–Kier alpha value is -2.10. The molecule has 9 heteroatoms. The van der Waals surface area contributed by atoms with E-state index < -0.39 is 15.8 Å². The average Bonchev–Trinajstić information content (AvgIpc) is 2.63. The number of sulfonamides is 1. The molecular weight excluding hydrogens is 347 g/mol. The van der Waals surface area contributed by atoms with E-state index in [1.54, 1.807) is 19.2 Å². The maximum atomic E-state index is 13.4. The van der Waals surface area contributed by atoms with Gasteiger partial charge in [-0.15, -0.1) is 0 Å². The van der Waals surface area contributed by atoms with Crippen LogP contribution in [0.1, 0.15) is 11.3 Å². The van der Waals surface area contributed by atoms with Gasteiger partial charge in [0, 0.05) is 19.3 Å². The highest BCUT2D eigenvalue weighted by molar-refractivity contribution is 7.89. The number of aromatic nitrogens is 2. The summed E-state index contributed by atoms with van der Waals surface area (Å²) < 4.78 is 46.0. The fraction of sp³-hybridized carbons (Fsp3) is 0.375. The first kappa shape index (κ1) is 17.7. The Labute approximate surface area is 145 Å². The molecule has 7 nitrogen and oxygen atoms in total. The summed E-state index contributed by atoms with van der Waals surface area (Å²) in [6.45, 7) is 4.22. The lowest BCUT2D eigenvalue weighted by atomic mass is 10.2. The third-order valence-electron chi connectivity index (χ3n) is 3.88. The van der Waals surface area contributed by atoms with E-state index in [1.165, 1.54) is 12.1 Å². The molecule has 1 aliphatic rings. The summed E-state index contributed by atoms with van der Waals surface area (Å²) >= 11 is 0. The molecule has 0 radical (unpaired) electrons. The van der Waals surface area contributed by atoms with Gasteiger partial charge in [0.15, 0.2) is 0 Å². The van der Waals surface area contributed by atoms with E-state index in [4.69, 9.17) is 4.74 Å². The lowest BCUT2D eigenvalue weighted by Crippen LogP contribution is -2.37. The van der Waals surface area contributed by atoms with Gasteiger partial charge in [0.05, 0.1) is 30.3 Å². The second kappa shape index (κ2) is 7.42. The molecule has 1 saturated heterocycles. The van der Waals surface area contributed by atoms with Crippen LogP contribution in [0.5, 0.6) is 0 Å². The number of ether oxygens (including phenoxy) is 1. The van der Waals surface area contributed by atoms with E-state index in [0.29, 0.717) is 43.5 Å². The fourth-order valence-electron chi connectivity index (χ4n) is 2.51. The van der Waals surface area contributed by atoms with Crippen LogP contribution >= 0.6 is 0 Å². The quantitative estimate of drug-likeness (QED) is 0.857. The largest absolute Gasteiger partial charge is 0.378 e. The number of aryl methyl sites for hydroxylation is 1. The topological polar surface area (TPSA) is 84.4 Å². The molecule has 1 aromatic carbocycles. The Kier molecular flexibility index (Phi) is 5.26. The number of morpholine rings is 1. The zero-order chi connectivity index (χ0) is 17.9. The van der Waals surface area contributed by atoms with Crippen molar-refractivity contribution in [1.29, 1.82) is 0 Å². The number of halogens is 1. The molecule has 1 fully saturated rings. The number of rotatable bonds is 5. The van der Waals surface area contributed by atoms with Crippen molar-refractivity contribution in [2.24, 2.45) is 0 Å². The first-order valence-corrected chi connectivity index (χ1v) is 9.34. The molecule has 0 atom stereocenters.